The molecule has 3 aromatic rings. The van der Waals surface area contributed by atoms with Gasteiger partial charge in [-0.1, -0.05) is 0 Å². The Bertz CT molecular complexity index is 1490. The van der Waals surface area contributed by atoms with Crippen LogP contribution in [0.3, 0.4) is 0 Å². The van der Waals surface area contributed by atoms with Gasteiger partial charge >= 0.3 is 5.97 Å². The van der Waals surface area contributed by atoms with Crippen LogP contribution in [-0.2, 0) is 15.7 Å². The molecule has 1 aliphatic rings. The summed E-state index contributed by atoms with van der Waals surface area (Å²) in [5.74, 6) is -15.6. The first-order valence-electron chi connectivity index (χ1n) is 9.61. The van der Waals surface area contributed by atoms with Crippen LogP contribution < -0.4 is 20.2 Å². The number of nitrogens with zero attached hydrogens (tertiary/aromatic N) is 1. The van der Waals surface area contributed by atoms with Gasteiger partial charge in [0.15, 0.2) is 5.71 Å². The number of anilines is 3. The minimum absolute atomic E-state index is 0.0704. The zero-order valence-electron chi connectivity index (χ0n) is 17.4. The number of hydrogen-bond acceptors (Lipinski definition) is 7. The van der Waals surface area contributed by atoms with E-state index in [0.29, 0.717) is 5.69 Å². The Morgan fingerprint density at radius 1 is 0.861 bits per heavy atom. The molecule has 0 unspecified atom stereocenters. The fraction of sp³-hybridized carbons (Fsp3) is 0. The maximum Gasteiger partial charge on any atom is 0.343 e. The van der Waals surface area contributed by atoms with Crippen molar-refractivity contribution in [3.63, 3.8) is 0 Å². The van der Waals surface area contributed by atoms with Crippen molar-refractivity contribution < 1.29 is 44.7 Å². The van der Waals surface area contributed by atoms with E-state index in [-0.39, 0.29) is 28.2 Å². The van der Waals surface area contributed by atoms with Crippen molar-refractivity contribution >= 4 is 45.5 Å². The van der Waals surface area contributed by atoms with Gasteiger partial charge in [-0.25, -0.2) is 26.4 Å². The fourth-order valence-corrected chi connectivity index (χ4v) is 3.42. The number of benzene rings is 3. The first-order chi connectivity index (χ1) is 17.1. The second-order valence-electron chi connectivity index (χ2n) is 7.02. The summed E-state index contributed by atoms with van der Waals surface area (Å²) in [6.07, 6.45) is 0. The summed E-state index contributed by atoms with van der Waals surface area (Å²) < 4.78 is 95.6. The van der Waals surface area contributed by atoms with Crippen molar-refractivity contribution in [1.82, 2.24) is 0 Å². The van der Waals surface area contributed by atoms with Crippen LogP contribution in [0.1, 0.15) is 15.9 Å². The minimum Gasteiger partial charge on any atom is -0.416 e. The van der Waals surface area contributed by atoms with Crippen LogP contribution in [0, 0.1) is 29.1 Å². The number of halogens is 5. The number of fused-ring (bicyclic) bond motifs is 1. The summed E-state index contributed by atoms with van der Waals surface area (Å²) in [5.41, 5.74) is 2.91. The summed E-state index contributed by atoms with van der Waals surface area (Å²) >= 11 is 0. The first-order valence-corrected chi connectivity index (χ1v) is 10.8. The highest BCUT2D eigenvalue weighted by Crippen LogP contribution is 2.31. The molecule has 1 heterocycles. The largest absolute Gasteiger partial charge is 0.416 e. The smallest absolute Gasteiger partial charge is 0.343 e. The van der Waals surface area contributed by atoms with Gasteiger partial charge in [0.25, 0.3) is 5.91 Å². The molecule has 0 aromatic heterocycles. The molecule has 0 bridgehead atoms. The molecule has 0 spiro atoms. The number of carbonyl (C=O) groups excluding carboxylic acids is 2. The van der Waals surface area contributed by atoms with Crippen LogP contribution in [0.4, 0.5) is 39.0 Å². The van der Waals surface area contributed by atoms with E-state index in [2.05, 4.69) is 25.3 Å². The molecule has 0 radical (unpaired) electrons. The third-order valence-electron chi connectivity index (χ3n) is 4.74. The topological polar surface area (TPSA) is 126 Å². The van der Waals surface area contributed by atoms with E-state index in [1.165, 1.54) is 30.3 Å². The molecule has 15 heteroatoms. The number of nitrogens with one attached hydrogen (secondary N) is 3. The minimum atomic E-state index is -2.85. The van der Waals surface area contributed by atoms with E-state index in [9.17, 15) is 40.0 Å². The maximum atomic E-state index is 13.8. The van der Waals surface area contributed by atoms with Gasteiger partial charge in [0.2, 0.25) is 45.7 Å². The molecule has 3 N–H and O–H groups in total. The second kappa shape index (κ2) is 9.61. The van der Waals surface area contributed by atoms with Gasteiger partial charge < -0.3 is 10.1 Å². The molecule has 4 rings (SSSR count). The Labute approximate surface area is 199 Å². The Kier molecular flexibility index (Phi) is 6.57. The quantitative estimate of drug-likeness (QED) is 0.0743. The van der Waals surface area contributed by atoms with Crippen molar-refractivity contribution in [3.05, 3.63) is 82.7 Å². The third-order valence-corrected chi connectivity index (χ3v) is 5.18. The summed E-state index contributed by atoms with van der Waals surface area (Å²) in [4.78, 5) is 24.7. The van der Waals surface area contributed by atoms with Crippen LogP contribution >= 0.6 is 0 Å². The average molecular weight is 526 g/mol. The Hall–Kier alpha value is -4.53. The van der Waals surface area contributed by atoms with Gasteiger partial charge in [-0.15, -0.1) is 0 Å². The molecule has 3 aromatic carbocycles. The lowest BCUT2D eigenvalue weighted by atomic mass is 10.1. The normalized spacial score (nSPS) is 13.5. The number of rotatable bonds is 6. The number of carbonyl (C=O) groups is 2. The number of ether oxygens (including phenoxy) is 1. The van der Waals surface area contributed by atoms with Gasteiger partial charge in [0, 0.05) is 11.3 Å². The van der Waals surface area contributed by atoms with Crippen LogP contribution in [0.25, 0.3) is 0 Å². The lowest BCUT2D eigenvalue weighted by molar-refractivity contribution is -0.110. The maximum absolute atomic E-state index is 13.8. The molecule has 0 saturated heterocycles. The number of amides is 1. The predicted molar refractivity (Wildman–Crippen MR) is 117 cm³/mol. The summed E-state index contributed by atoms with van der Waals surface area (Å²) in [6, 6.07) is 9.16. The zero-order valence-corrected chi connectivity index (χ0v) is 18.3. The molecule has 186 valence electrons. The van der Waals surface area contributed by atoms with E-state index >= 15 is 0 Å². The van der Waals surface area contributed by atoms with Gasteiger partial charge in [0.1, 0.15) is 0 Å². The van der Waals surface area contributed by atoms with Crippen molar-refractivity contribution in [2.75, 3.05) is 15.5 Å². The molecular formula is C21H11F5N4O5S. The third kappa shape index (κ3) is 4.68. The lowest BCUT2D eigenvalue weighted by Crippen LogP contribution is -2.16. The van der Waals surface area contributed by atoms with Crippen molar-refractivity contribution in [2.24, 2.45) is 5.10 Å². The van der Waals surface area contributed by atoms with Crippen LogP contribution in [0.15, 0.2) is 47.6 Å². The van der Waals surface area contributed by atoms with Gasteiger partial charge in [-0.2, -0.15) is 13.9 Å². The predicted octanol–water partition coefficient (Wildman–Crippen LogP) is 3.31. The van der Waals surface area contributed by atoms with E-state index in [0.717, 1.165) is 12.1 Å². The van der Waals surface area contributed by atoms with E-state index in [4.69, 9.17) is 0 Å². The van der Waals surface area contributed by atoms with E-state index in [1.54, 1.807) is 0 Å². The zero-order chi connectivity index (χ0) is 26.1. The number of thiol groups is 1. The van der Waals surface area contributed by atoms with Gasteiger partial charge in [-0.05, 0) is 42.5 Å². The number of hydrazone groups is 1. The molecule has 1 amide bonds. The molecule has 0 aliphatic carbocycles. The Balaban J connectivity index is 1.59. The van der Waals surface area contributed by atoms with Gasteiger partial charge in [-0.3, -0.25) is 14.9 Å². The van der Waals surface area contributed by atoms with E-state index < -0.39 is 57.6 Å². The average Bonchev–Trinajstić information content (AvgIpc) is 3.17. The van der Waals surface area contributed by atoms with Crippen molar-refractivity contribution in [1.29, 1.82) is 0 Å². The van der Waals surface area contributed by atoms with E-state index in [1.807, 2.05) is 0 Å². The highest BCUT2D eigenvalue weighted by Gasteiger charge is 2.31. The fourth-order valence-electron chi connectivity index (χ4n) is 3.06. The second-order valence-corrected chi connectivity index (χ2v) is 7.76. The molecule has 36 heavy (non-hydrogen) atoms. The van der Waals surface area contributed by atoms with Gasteiger partial charge in [0.05, 0.1) is 16.9 Å². The van der Waals surface area contributed by atoms with Crippen LogP contribution in [-0.4, -0.2) is 26.0 Å². The highest BCUT2D eigenvalue weighted by molar-refractivity contribution is 7.73. The van der Waals surface area contributed by atoms with Crippen molar-refractivity contribution in [3.8, 4) is 5.75 Å². The Morgan fingerprint density at radius 3 is 2.06 bits per heavy atom. The SMILES string of the molecule is O=C1Nc2ccc(C(=O)Oc3c(F)c(F)c(F)c(F)c3F)cc2C1=NNc1ccc(N[SH](=O)=O)cc1. The van der Waals surface area contributed by atoms with Crippen LogP contribution in [0.2, 0.25) is 0 Å². The molecular weight excluding hydrogens is 515 g/mol. The number of esters is 1. The molecule has 0 fully saturated rings. The van der Waals surface area contributed by atoms with Crippen molar-refractivity contribution in [2.45, 2.75) is 0 Å². The molecule has 9 nitrogen and oxygen atoms in total. The highest BCUT2D eigenvalue weighted by atomic mass is 32.2. The number of hydrogen-bond donors (Lipinski definition) is 4. The summed E-state index contributed by atoms with van der Waals surface area (Å²) in [7, 11) is -2.85. The lowest BCUT2D eigenvalue weighted by Gasteiger charge is -2.09. The monoisotopic (exact) mass is 526 g/mol. The molecule has 0 saturated carbocycles. The Morgan fingerprint density at radius 2 is 1.44 bits per heavy atom. The van der Waals surface area contributed by atoms with Crippen LogP contribution in [0.5, 0.6) is 5.75 Å². The standard InChI is InChI=1S/C21H11F5N4O5S/c22-13-14(23)16(25)19(17(26)15(13)24)35-21(32)8-1-6-12-11(7-8)18(20(31)27-12)29-28-9-2-4-10(5-3-9)30-36(33)34/h1-7,28,36H,(H,27,29,31)(H,30,33,34). The summed E-state index contributed by atoms with van der Waals surface area (Å²) in [5, 5.41) is 6.42. The first kappa shape index (κ1) is 24.6. The molecule has 0 atom stereocenters. The summed E-state index contributed by atoms with van der Waals surface area (Å²) in [6.45, 7) is 0. The molecule has 1 aliphatic heterocycles.